The Bertz CT molecular complexity index is 890. The van der Waals surface area contributed by atoms with Crippen molar-refractivity contribution in [2.75, 3.05) is 23.4 Å². The Morgan fingerprint density at radius 1 is 1.15 bits per heavy atom. The molecule has 2 aromatic carbocycles. The van der Waals surface area contributed by atoms with E-state index >= 15 is 0 Å². The van der Waals surface area contributed by atoms with Crippen LogP contribution in [0.5, 0.6) is 0 Å². The summed E-state index contributed by atoms with van der Waals surface area (Å²) < 4.78 is 33.1. The number of nitrogens with zero attached hydrogens (tertiary/aromatic N) is 1. The summed E-state index contributed by atoms with van der Waals surface area (Å²) in [5.74, 6) is -2.82. The number of rotatable bonds is 3. The molecule has 5 nitrogen and oxygen atoms in total. The van der Waals surface area contributed by atoms with Crippen molar-refractivity contribution < 1.29 is 23.1 Å². The molecule has 2 aromatic rings. The third-order valence-corrected chi connectivity index (χ3v) is 4.90. The van der Waals surface area contributed by atoms with Gasteiger partial charge < -0.3 is 15.0 Å². The molecule has 2 amide bonds. The van der Waals surface area contributed by atoms with E-state index < -0.39 is 29.2 Å². The van der Waals surface area contributed by atoms with Crippen LogP contribution >= 0.6 is 0 Å². The van der Waals surface area contributed by atoms with Gasteiger partial charge in [0.2, 0.25) is 0 Å². The molecule has 0 aliphatic carbocycles. The second-order valence-electron chi connectivity index (χ2n) is 6.64. The zero-order valence-electron chi connectivity index (χ0n) is 14.5. The first-order valence-corrected chi connectivity index (χ1v) is 8.86. The first-order valence-electron chi connectivity index (χ1n) is 8.86. The highest BCUT2D eigenvalue weighted by molar-refractivity contribution is 6.05. The molecule has 0 aromatic heterocycles. The average molecular weight is 372 g/mol. The largest absolute Gasteiger partial charge is 0.368 e. The molecule has 0 saturated carbocycles. The maximum absolute atomic E-state index is 13.8. The van der Waals surface area contributed by atoms with Crippen LogP contribution in [0.3, 0.4) is 0 Å². The van der Waals surface area contributed by atoms with Crippen LogP contribution in [0.2, 0.25) is 0 Å². The van der Waals surface area contributed by atoms with Gasteiger partial charge in [0.1, 0.15) is 23.3 Å². The van der Waals surface area contributed by atoms with Gasteiger partial charge in [0.05, 0.1) is 0 Å². The number of hydrogen-bond donors (Lipinski definition) is 1. The Morgan fingerprint density at radius 3 is 2.63 bits per heavy atom. The molecule has 1 saturated heterocycles. The predicted octanol–water partition coefficient (Wildman–Crippen LogP) is 3.29. The first-order chi connectivity index (χ1) is 13.0. The van der Waals surface area contributed by atoms with Crippen LogP contribution in [0.25, 0.3) is 0 Å². The minimum Gasteiger partial charge on any atom is -0.368 e. The van der Waals surface area contributed by atoms with Gasteiger partial charge in [-0.15, -0.1) is 0 Å². The third-order valence-electron chi connectivity index (χ3n) is 4.90. The normalized spacial score (nSPS) is 18.4. The Hall–Kier alpha value is -2.80. The second kappa shape index (κ2) is 7.08. The van der Waals surface area contributed by atoms with Crippen LogP contribution < -0.4 is 10.2 Å². The molecule has 7 heteroatoms. The number of anilines is 2. The fourth-order valence-electron chi connectivity index (χ4n) is 3.54. The van der Waals surface area contributed by atoms with Crippen LogP contribution in [0.4, 0.5) is 20.2 Å². The molecule has 4 rings (SSSR count). The standard InChI is InChI=1S/C20H18F2N2O3/c21-14-3-1-4-15(22)18(14)19(25)23-13-7-6-12-8-9-24(16(12)11-13)20(26)17-5-2-10-27-17/h1,3-4,6-7,11,17H,2,5,8-10H2,(H,23,25). The van der Waals surface area contributed by atoms with Gasteiger partial charge in [0, 0.05) is 24.5 Å². The van der Waals surface area contributed by atoms with E-state index in [9.17, 15) is 18.4 Å². The Labute approximate surface area is 154 Å². The lowest BCUT2D eigenvalue weighted by Crippen LogP contribution is -2.37. The van der Waals surface area contributed by atoms with Gasteiger partial charge in [0.15, 0.2) is 0 Å². The zero-order chi connectivity index (χ0) is 19.0. The highest BCUT2D eigenvalue weighted by Gasteiger charge is 2.33. The molecule has 140 valence electrons. The minimum absolute atomic E-state index is 0.0881. The van der Waals surface area contributed by atoms with E-state index in [0.29, 0.717) is 37.4 Å². The highest BCUT2D eigenvalue weighted by atomic mass is 19.1. The number of fused-ring (bicyclic) bond motifs is 1. The number of halogens is 2. The first kappa shape index (κ1) is 17.6. The Morgan fingerprint density at radius 2 is 1.93 bits per heavy atom. The molecular formula is C20H18F2N2O3. The molecular weight excluding hydrogens is 354 g/mol. The van der Waals surface area contributed by atoms with Gasteiger partial charge in [0.25, 0.3) is 11.8 Å². The molecule has 0 bridgehead atoms. The number of hydrogen-bond acceptors (Lipinski definition) is 3. The molecule has 27 heavy (non-hydrogen) atoms. The van der Waals surface area contributed by atoms with Gasteiger partial charge in [-0.05, 0) is 49.1 Å². The predicted molar refractivity (Wildman–Crippen MR) is 95.8 cm³/mol. The van der Waals surface area contributed by atoms with Crippen LogP contribution in [-0.4, -0.2) is 31.1 Å². The van der Waals surface area contributed by atoms with Crippen molar-refractivity contribution in [1.29, 1.82) is 0 Å². The Kier molecular flexibility index (Phi) is 4.61. The van der Waals surface area contributed by atoms with Crippen LogP contribution in [-0.2, 0) is 16.0 Å². The topological polar surface area (TPSA) is 58.6 Å². The van der Waals surface area contributed by atoms with Crippen molar-refractivity contribution in [2.24, 2.45) is 0 Å². The van der Waals surface area contributed by atoms with Gasteiger partial charge in [-0.1, -0.05) is 12.1 Å². The minimum atomic E-state index is -0.927. The third kappa shape index (κ3) is 3.30. The van der Waals surface area contributed by atoms with E-state index in [-0.39, 0.29) is 5.91 Å². The van der Waals surface area contributed by atoms with E-state index in [1.165, 1.54) is 6.07 Å². The van der Waals surface area contributed by atoms with E-state index in [1.807, 2.05) is 6.07 Å². The van der Waals surface area contributed by atoms with E-state index in [1.54, 1.807) is 17.0 Å². The zero-order valence-corrected chi connectivity index (χ0v) is 14.5. The van der Waals surface area contributed by atoms with Crippen LogP contribution in [0, 0.1) is 11.6 Å². The smallest absolute Gasteiger partial charge is 0.261 e. The molecule has 1 N–H and O–H groups in total. The summed E-state index contributed by atoms with van der Waals surface area (Å²) in [5, 5.41) is 2.51. The summed E-state index contributed by atoms with van der Waals surface area (Å²) in [4.78, 5) is 26.6. The summed E-state index contributed by atoms with van der Waals surface area (Å²) in [6.45, 7) is 1.13. The molecule has 0 radical (unpaired) electrons. The molecule has 2 aliphatic rings. The number of nitrogens with one attached hydrogen (secondary N) is 1. The van der Waals surface area contributed by atoms with E-state index in [4.69, 9.17) is 4.74 Å². The van der Waals surface area contributed by atoms with E-state index in [2.05, 4.69) is 5.32 Å². The number of carbonyl (C=O) groups excluding carboxylic acids is 2. The van der Waals surface area contributed by atoms with Crippen molar-refractivity contribution in [1.82, 2.24) is 0 Å². The molecule has 1 unspecified atom stereocenters. The second-order valence-corrected chi connectivity index (χ2v) is 6.64. The van der Waals surface area contributed by atoms with Gasteiger partial charge in [-0.2, -0.15) is 0 Å². The number of benzene rings is 2. The van der Waals surface area contributed by atoms with Crippen molar-refractivity contribution in [3.63, 3.8) is 0 Å². The molecule has 2 heterocycles. The molecule has 0 spiro atoms. The highest BCUT2D eigenvalue weighted by Crippen LogP contribution is 2.33. The molecule has 2 aliphatic heterocycles. The monoisotopic (exact) mass is 372 g/mol. The lowest BCUT2D eigenvalue weighted by molar-refractivity contribution is -0.127. The van der Waals surface area contributed by atoms with Crippen molar-refractivity contribution in [3.05, 3.63) is 59.2 Å². The molecule has 1 atom stereocenters. The summed E-state index contributed by atoms with van der Waals surface area (Å²) in [7, 11) is 0. The quantitative estimate of drug-likeness (QED) is 0.900. The van der Waals surface area contributed by atoms with E-state index in [0.717, 1.165) is 24.1 Å². The van der Waals surface area contributed by atoms with Gasteiger partial charge >= 0.3 is 0 Å². The summed E-state index contributed by atoms with van der Waals surface area (Å²) in [6.07, 6.45) is 1.85. The molecule has 1 fully saturated rings. The number of ether oxygens (including phenoxy) is 1. The number of carbonyl (C=O) groups is 2. The maximum atomic E-state index is 13.8. The lowest BCUT2D eigenvalue weighted by Gasteiger charge is -2.21. The fraction of sp³-hybridized carbons (Fsp3) is 0.300. The summed E-state index contributed by atoms with van der Waals surface area (Å²) in [5.41, 5.74) is 1.41. The fourth-order valence-corrected chi connectivity index (χ4v) is 3.54. The summed E-state index contributed by atoms with van der Waals surface area (Å²) in [6, 6.07) is 8.39. The van der Waals surface area contributed by atoms with Gasteiger partial charge in [-0.25, -0.2) is 8.78 Å². The Balaban J connectivity index is 1.57. The van der Waals surface area contributed by atoms with Crippen molar-refractivity contribution in [3.8, 4) is 0 Å². The van der Waals surface area contributed by atoms with Crippen LogP contribution in [0.1, 0.15) is 28.8 Å². The van der Waals surface area contributed by atoms with Crippen LogP contribution in [0.15, 0.2) is 36.4 Å². The number of amides is 2. The lowest BCUT2D eigenvalue weighted by atomic mass is 10.1. The van der Waals surface area contributed by atoms with Crippen molar-refractivity contribution in [2.45, 2.75) is 25.4 Å². The average Bonchev–Trinajstić information content (AvgIpc) is 3.31. The maximum Gasteiger partial charge on any atom is 0.261 e. The van der Waals surface area contributed by atoms with Crippen molar-refractivity contribution >= 4 is 23.2 Å². The van der Waals surface area contributed by atoms with Gasteiger partial charge in [-0.3, -0.25) is 9.59 Å². The SMILES string of the molecule is O=C(Nc1ccc2c(c1)N(C(=O)C1CCCO1)CC2)c1c(F)cccc1F. The summed E-state index contributed by atoms with van der Waals surface area (Å²) >= 11 is 0.